The smallest absolute Gasteiger partial charge is 0.264 e. The number of aromatic nitrogens is 2. The van der Waals surface area contributed by atoms with E-state index < -0.39 is 10.0 Å². The summed E-state index contributed by atoms with van der Waals surface area (Å²) in [5.74, 6) is 0.609. The van der Waals surface area contributed by atoms with Gasteiger partial charge in [0.15, 0.2) is 0 Å². The van der Waals surface area contributed by atoms with Crippen molar-refractivity contribution in [3.63, 3.8) is 0 Å². The number of H-pyrrole nitrogens is 1. The molecule has 1 heterocycles. The summed E-state index contributed by atoms with van der Waals surface area (Å²) >= 11 is 0. The molecule has 3 rings (SSSR count). The Morgan fingerprint density at radius 2 is 1.85 bits per heavy atom. The quantitative estimate of drug-likeness (QED) is 0.694. The van der Waals surface area contributed by atoms with Crippen molar-refractivity contribution in [3.8, 4) is 17.0 Å². The fourth-order valence-electron chi connectivity index (χ4n) is 2.34. The Labute approximate surface area is 150 Å². The summed E-state index contributed by atoms with van der Waals surface area (Å²) < 4.78 is 33.0. The molecule has 0 radical (unpaired) electrons. The topological polar surface area (TPSA) is 101 Å². The maximum Gasteiger partial charge on any atom is 0.264 e. The summed E-state index contributed by atoms with van der Waals surface area (Å²) in [5.41, 5.74) is 1.30. The average Bonchev–Trinajstić information content (AvgIpc) is 2.63. The summed E-state index contributed by atoms with van der Waals surface area (Å²) in [4.78, 5) is 11.2. The Hall–Kier alpha value is -3.13. The molecule has 0 spiro atoms. The van der Waals surface area contributed by atoms with E-state index in [1.165, 1.54) is 18.2 Å². The van der Waals surface area contributed by atoms with Crippen molar-refractivity contribution in [1.29, 1.82) is 0 Å². The van der Waals surface area contributed by atoms with E-state index in [4.69, 9.17) is 4.74 Å². The maximum atomic E-state index is 12.5. The Kier molecular flexibility index (Phi) is 5.04. The van der Waals surface area contributed by atoms with Crippen LogP contribution < -0.4 is 15.0 Å². The van der Waals surface area contributed by atoms with Crippen LogP contribution in [0.2, 0.25) is 0 Å². The molecular formula is C18H17N3O4S. The number of nitrogens with zero attached hydrogens (tertiary/aromatic N) is 1. The van der Waals surface area contributed by atoms with E-state index in [-0.39, 0.29) is 10.5 Å². The van der Waals surface area contributed by atoms with E-state index in [9.17, 15) is 13.2 Å². The first-order chi connectivity index (χ1) is 12.5. The Bertz CT molecular complexity index is 1040. The lowest BCUT2D eigenvalue weighted by Gasteiger charge is -2.10. The van der Waals surface area contributed by atoms with Crippen LogP contribution in [0.3, 0.4) is 0 Å². The van der Waals surface area contributed by atoms with E-state index >= 15 is 0 Å². The monoisotopic (exact) mass is 371 g/mol. The van der Waals surface area contributed by atoms with Crippen molar-refractivity contribution in [2.75, 3.05) is 11.3 Å². The molecule has 0 saturated heterocycles. The summed E-state index contributed by atoms with van der Waals surface area (Å²) in [5, 5.41) is 6.29. The minimum atomic E-state index is -3.73. The molecule has 2 aromatic carbocycles. The minimum absolute atomic E-state index is 0.133. The van der Waals surface area contributed by atoms with Gasteiger partial charge in [-0.1, -0.05) is 12.1 Å². The lowest BCUT2D eigenvalue weighted by molar-refractivity contribution is 0.340. The highest BCUT2D eigenvalue weighted by Crippen LogP contribution is 2.23. The number of benzene rings is 2. The number of rotatable bonds is 6. The van der Waals surface area contributed by atoms with E-state index in [1.54, 1.807) is 42.5 Å². The normalized spacial score (nSPS) is 11.1. The summed E-state index contributed by atoms with van der Waals surface area (Å²) in [6.07, 6.45) is 0. The van der Waals surface area contributed by atoms with Gasteiger partial charge in [-0.15, -0.1) is 0 Å². The first kappa shape index (κ1) is 17.7. The zero-order chi connectivity index (χ0) is 18.6. The first-order valence-corrected chi connectivity index (χ1v) is 9.38. The number of anilines is 1. The number of hydrogen-bond donors (Lipinski definition) is 2. The van der Waals surface area contributed by atoms with Crippen molar-refractivity contribution in [1.82, 2.24) is 10.2 Å². The van der Waals surface area contributed by atoms with Crippen LogP contribution in [0.15, 0.2) is 70.4 Å². The summed E-state index contributed by atoms with van der Waals surface area (Å²) in [7, 11) is -3.73. The second-order valence-corrected chi connectivity index (χ2v) is 7.08. The molecule has 134 valence electrons. The summed E-state index contributed by atoms with van der Waals surface area (Å²) in [6.45, 7) is 2.37. The Morgan fingerprint density at radius 1 is 1.08 bits per heavy atom. The van der Waals surface area contributed by atoms with E-state index in [2.05, 4.69) is 14.9 Å². The third-order valence-electron chi connectivity index (χ3n) is 3.53. The van der Waals surface area contributed by atoms with E-state index in [1.807, 2.05) is 6.92 Å². The van der Waals surface area contributed by atoms with Gasteiger partial charge in [-0.25, -0.2) is 13.5 Å². The van der Waals surface area contributed by atoms with Gasteiger partial charge in [-0.2, -0.15) is 5.10 Å². The van der Waals surface area contributed by atoms with Crippen LogP contribution in [0.5, 0.6) is 5.75 Å². The van der Waals surface area contributed by atoms with Crippen LogP contribution >= 0.6 is 0 Å². The zero-order valence-electron chi connectivity index (χ0n) is 14.0. The van der Waals surface area contributed by atoms with Crippen LogP contribution in [-0.2, 0) is 10.0 Å². The van der Waals surface area contributed by atoms with E-state index in [0.717, 1.165) is 0 Å². The second-order valence-electron chi connectivity index (χ2n) is 5.40. The van der Waals surface area contributed by atoms with Crippen LogP contribution in [0.4, 0.5) is 5.69 Å². The molecule has 3 aromatic rings. The van der Waals surface area contributed by atoms with Gasteiger partial charge in [-0.05, 0) is 49.4 Å². The van der Waals surface area contributed by atoms with Gasteiger partial charge in [0.2, 0.25) is 0 Å². The first-order valence-electron chi connectivity index (χ1n) is 7.90. The second kappa shape index (κ2) is 7.40. The van der Waals surface area contributed by atoms with Gasteiger partial charge in [0.25, 0.3) is 15.6 Å². The maximum absolute atomic E-state index is 12.5. The van der Waals surface area contributed by atoms with Crippen molar-refractivity contribution in [2.24, 2.45) is 0 Å². The van der Waals surface area contributed by atoms with Crippen LogP contribution in [0.1, 0.15) is 6.92 Å². The highest BCUT2D eigenvalue weighted by molar-refractivity contribution is 7.92. The molecule has 1 aromatic heterocycles. The van der Waals surface area contributed by atoms with Gasteiger partial charge < -0.3 is 4.74 Å². The molecule has 26 heavy (non-hydrogen) atoms. The third-order valence-corrected chi connectivity index (χ3v) is 4.93. The molecule has 8 heteroatoms. The molecule has 0 aliphatic rings. The largest absolute Gasteiger partial charge is 0.494 e. The fourth-order valence-corrected chi connectivity index (χ4v) is 3.39. The van der Waals surface area contributed by atoms with Crippen LogP contribution in [-0.4, -0.2) is 25.2 Å². The van der Waals surface area contributed by atoms with Gasteiger partial charge >= 0.3 is 0 Å². The average molecular weight is 371 g/mol. The minimum Gasteiger partial charge on any atom is -0.494 e. The highest BCUT2D eigenvalue weighted by atomic mass is 32.2. The number of sulfonamides is 1. The highest BCUT2D eigenvalue weighted by Gasteiger charge is 2.14. The van der Waals surface area contributed by atoms with Gasteiger partial charge in [0.1, 0.15) is 5.75 Å². The molecular weight excluding hydrogens is 354 g/mol. The lowest BCUT2D eigenvalue weighted by atomic mass is 10.1. The number of aromatic amines is 1. The van der Waals surface area contributed by atoms with E-state index in [0.29, 0.717) is 29.3 Å². The lowest BCUT2D eigenvalue weighted by Crippen LogP contribution is -2.13. The molecule has 0 amide bonds. The van der Waals surface area contributed by atoms with Gasteiger partial charge in [0.05, 0.1) is 17.2 Å². The molecule has 0 unspecified atom stereocenters. The Morgan fingerprint density at radius 3 is 2.50 bits per heavy atom. The van der Waals surface area contributed by atoms with Gasteiger partial charge in [-0.3, -0.25) is 9.52 Å². The fraction of sp³-hybridized carbons (Fsp3) is 0.111. The molecule has 0 saturated carbocycles. The van der Waals surface area contributed by atoms with Crippen LogP contribution in [0.25, 0.3) is 11.3 Å². The number of hydrogen-bond acceptors (Lipinski definition) is 5. The van der Waals surface area contributed by atoms with Crippen LogP contribution in [0, 0.1) is 0 Å². The summed E-state index contributed by atoms with van der Waals surface area (Å²) in [6, 6.07) is 15.9. The predicted molar refractivity (Wildman–Crippen MR) is 98.7 cm³/mol. The molecule has 0 atom stereocenters. The molecule has 0 fully saturated rings. The van der Waals surface area contributed by atoms with Crippen molar-refractivity contribution in [2.45, 2.75) is 11.8 Å². The zero-order valence-corrected chi connectivity index (χ0v) is 14.8. The predicted octanol–water partition coefficient (Wildman–Crippen LogP) is 2.64. The van der Waals surface area contributed by atoms with Crippen molar-refractivity contribution >= 4 is 15.7 Å². The third kappa shape index (κ3) is 4.09. The molecule has 0 aliphatic carbocycles. The standard InChI is InChI=1S/C18H17N3O4S/c1-2-25-15-6-8-16(9-7-15)26(23,24)21-14-5-3-4-13(12-14)17-10-11-18(22)20-19-17/h3-12,21H,2H2,1H3,(H,20,22). The number of nitrogens with one attached hydrogen (secondary N) is 2. The SMILES string of the molecule is CCOc1ccc(S(=O)(=O)Nc2cccc(-c3ccc(=O)[nH]n3)c2)cc1. The molecule has 2 N–H and O–H groups in total. The van der Waals surface area contributed by atoms with Crippen molar-refractivity contribution in [3.05, 3.63) is 71.0 Å². The van der Waals surface area contributed by atoms with Crippen molar-refractivity contribution < 1.29 is 13.2 Å². The van der Waals surface area contributed by atoms with Gasteiger partial charge in [0, 0.05) is 17.3 Å². The number of ether oxygens (including phenoxy) is 1. The molecule has 0 aliphatic heterocycles. The molecule has 0 bridgehead atoms. The Balaban J connectivity index is 1.84. The molecule has 7 nitrogen and oxygen atoms in total.